The molecule has 9 nitrogen and oxygen atoms in total. The summed E-state index contributed by atoms with van der Waals surface area (Å²) in [4.78, 5) is 45.2. The molecule has 4 atom stereocenters. The normalized spacial score (nSPS) is 21.5. The number of carbonyl (C=O) groups excluding carboxylic acids is 3. The number of aromatic nitrogens is 3. The van der Waals surface area contributed by atoms with E-state index >= 15 is 0 Å². The van der Waals surface area contributed by atoms with Crippen molar-refractivity contribution in [1.82, 2.24) is 14.3 Å². The lowest BCUT2D eigenvalue weighted by Gasteiger charge is -2.47. The molecule has 3 aromatic heterocycles. The molecule has 1 fully saturated rings. The largest absolute Gasteiger partial charge is 0.543 e. The van der Waals surface area contributed by atoms with Crippen molar-refractivity contribution in [2.75, 3.05) is 0 Å². The number of hydrogen-bond donors (Lipinski definition) is 1. The van der Waals surface area contributed by atoms with Gasteiger partial charge in [-0.25, -0.2) is 9.55 Å². The summed E-state index contributed by atoms with van der Waals surface area (Å²) in [7, 11) is 1.86. The van der Waals surface area contributed by atoms with Crippen molar-refractivity contribution >= 4 is 39.4 Å². The van der Waals surface area contributed by atoms with Gasteiger partial charge in [-0.2, -0.15) is 0 Å². The molecule has 0 unspecified atom stereocenters. The van der Waals surface area contributed by atoms with Crippen LogP contribution in [0.25, 0.3) is 21.5 Å². The number of hydrogen-bond acceptors (Lipinski definition) is 7. The van der Waals surface area contributed by atoms with Crippen LogP contribution in [0.4, 0.5) is 0 Å². The summed E-state index contributed by atoms with van der Waals surface area (Å²) in [6, 6.07) is 11.2. The molecule has 1 saturated heterocycles. The lowest BCUT2D eigenvalue weighted by atomic mass is 9.77. The molecule has 0 spiro atoms. The zero-order chi connectivity index (χ0) is 26.9. The van der Waals surface area contributed by atoms with Crippen molar-refractivity contribution in [2.45, 2.75) is 26.0 Å². The molecule has 0 bridgehead atoms. The Morgan fingerprint density at radius 2 is 1.92 bits per heavy atom. The molecule has 38 heavy (non-hydrogen) atoms. The number of benzene rings is 1. The van der Waals surface area contributed by atoms with E-state index in [9.17, 15) is 24.6 Å². The maximum Gasteiger partial charge on any atom is 0.235 e. The van der Waals surface area contributed by atoms with E-state index in [4.69, 9.17) is 0 Å². The van der Waals surface area contributed by atoms with E-state index in [2.05, 4.69) is 4.98 Å². The Morgan fingerprint density at radius 3 is 2.61 bits per heavy atom. The molecule has 6 rings (SSSR count). The smallest absolute Gasteiger partial charge is 0.235 e. The van der Waals surface area contributed by atoms with Gasteiger partial charge in [-0.05, 0) is 18.6 Å². The highest BCUT2D eigenvalue weighted by molar-refractivity contribution is 7.18. The number of nitrogens with zero attached hydrogens (tertiary/aromatic N) is 4. The van der Waals surface area contributed by atoms with E-state index in [0.29, 0.717) is 20.8 Å². The Labute approximate surface area is 221 Å². The number of pyridine rings is 1. The SMILES string of the molecule is C[C@@H](O)[C@H]1C(=O)N2C(C(=O)[O-])=C(c3cn4cnc(C(=O)c5cc(-c6ccccc6)c[n+](C)c5)c4s3)[C@H](C)[C@H]12. The number of imidazole rings is 1. The van der Waals surface area contributed by atoms with Gasteiger partial charge in [0.1, 0.15) is 23.9 Å². The molecule has 2 aliphatic heterocycles. The average molecular weight is 529 g/mol. The van der Waals surface area contributed by atoms with Crippen molar-refractivity contribution in [3.8, 4) is 11.1 Å². The Hall–Kier alpha value is -4.15. The van der Waals surface area contributed by atoms with Gasteiger partial charge < -0.3 is 19.9 Å². The first-order valence-corrected chi connectivity index (χ1v) is 13.0. The maximum absolute atomic E-state index is 13.6. The van der Waals surface area contributed by atoms with E-state index in [-0.39, 0.29) is 23.1 Å². The van der Waals surface area contributed by atoms with E-state index in [1.807, 2.05) is 61.1 Å². The van der Waals surface area contributed by atoms with Crippen LogP contribution in [-0.4, -0.2) is 49.2 Å². The topological polar surface area (TPSA) is 119 Å². The summed E-state index contributed by atoms with van der Waals surface area (Å²) < 4.78 is 3.53. The number of fused-ring (bicyclic) bond motifs is 2. The predicted molar refractivity (Wildman–Crippen MR) is 136 cm³/mol. The van der Waals surface area contributed by atoms with Crippen molar-refractivity contribution in [3.05, 3.63) is 83.1 Å². The van der Waals surface area contributed by atoms with Gasteiger partial charge in [0.25, 0.3) is 0 Å². The number of carboxylic acids is 1. The van der Waals surface area contributed by atoms with Gasteiger partial charge in [0.2, 0.25) is 11.7 Å². The fourth-order valence-corrected chi connectivity index (χ4v) is 6.95. The quantitative estimate of drug-likeness (QED) is 0.230. The van der Waals surface area contributed by atoms with Gasteiger partial charge in [-0.15, -0.1) is 11.3 Å². The van der Waals surface area contributed by atoms with Crippen LogP contribution in [0.1, 0.15) is 34.8 Å². The number of aliphatic hydroxyl groups excluding tert-OH is 1. The number of aliphatic hydroxyl groups is 1. The Bertz CT molecular complexity index is 1670. The summed E-state index contributed by atoms with van der Waals surface area (Å²) in [6.07, 6.45) is 6.05. The number of thiazole rings is 1. The fourth-order valence-electron chi connectivity index (χ4n) is 5.73. The van der Waals surface area contributed by atoms with Crippen LogP contribution >= 0.6 is 11.3 Å². The van der Waals surface area contributed by atoms with Crippen molar-refractivity contribution in [3.63, 3.8) is 0 Å². The molecule has 1 aromatic carbocycles. The van der Waals surface area contributed by atoms with Gasteiger partial charge >= 0.3 is 0 Å². The first kappa shape index (κ1) is 24.2. The molecule has 0 saturated carbocycles. The molecule has 5 heterocycles. The maximum atomic E-state index is 13.6. The third kappa shape index (κ3) is 3.52. The number of rotatable bonds is 6. The number of amides is 1. The van der Waals surface area contributed by atoms with Crippen molar-refractivity contribution < 1.29 is 29.2 Å². The van der Waals surface area contributed by atoms with Gasteiger partial charge in [0, 0.05) is 23.3 Å². The Balaban J connectivity index is 1.41. The van der Waals surface area contributed by atoms with Crippen LogP contribution < -0.4 is 9.67 Å². The zero-order valence-electron chi connectivity index (χ0n) is 20.9. The van der Waals surface area contributed by atoms with Crippen molar-refractivity contribution in [2.24, 2.45) is 18.9 Å². The highest BCUT2D eigenvalue weighted by Crippen LogP contribution is 2.51. The number of carbonyl (C=O) groups is 3. The van der Waals surface area contributed by atoms with E-state index in [1.54, 1.807) is 16.8 Å². The molecule has 1 N–H and O–H groups in total. The predicted octanol–water partition coefficient (Wildman–Crippen LogP) is 1.44. The number of aliphatic carboxylic acids is 1. The first-order chi connectivity index (χ1) is 18.2. The zero-order valence-corrected chi connectivity index (χ0v) is 21.7. The van der Waals surface area contributed by atoms with Gasteiger partial charge in [0.05, 0.1) is 40.2 Å². The summed E-state index contributed by atoms with van der Waals surface area (Å²) in [5.74, 6) is -3.12. The van der Waals surface area contributed by atoms with Crippen LogP contribution in [0, 0.1) is 11.8 Å². The molecular formula is C28H24N4O5S. The lowest BCUT2D eigenvalue weighted by molar-refractivity contribution is -0.671. The van der Waals surface area contributed by atoms with Crippen LogP contribution in [0.15, 0.2) is 67.0 Å². The minimum atomic E-state index is -1.44. The second kappa shape index (κ2) is 8.71. The molecule has 10 heteroatoms. The summed E-state index contributed by atoms with van der Waals surface area (Å²) in [5, 5.41) is 22.3. The van der Waals surface area contributed by atoms with E-state index in [1.165, 1.54) is 29.5 Å². The summed E-state index contributed by atoms with van der Waals surface area (Å²) in [5.41, 5.74) is 2.91. The van der Waals surface area contributed by atoms with Crippen LogP contribution in [-0.2, 0) is 16.6 Å². The summed E-state index contributed by atoms with van der Waals surface area (Å²) >= 11 is 1.25. The van der Waals surface area contributed by atoms with Crippen LogP contribution in [0.5, 0.6) is 0 Å². The number of β-lactam (4-membered cyclic amide) rings is 1. The molecule has 1 amide bonds. The standard InChI is InChI=1S/C28H24N4O5S/c1-14-20(24(28(36)37)32-23(14)21(15(2)33)26(32)35)19-12-31-13-29-22(27(31)38-19)25(34)18-9-17(10-30(3)11-18)16-7-5-4-6-8-16/h4-15,21,23,33H,1-3H3/t14-,15+,21+,23+/m0/s1. The van der Waals surface area contributed by atoms with Gasteiger partial charge in [-0.1, -0.05) is 37.3 Å². The van der Waals surface area contributed by atoms with E-state index < -0.39 is 29.9 Å². The monoisotopic (exact) mass is 528 g/mol. The second-order valence-corrected chi connectivity index (χ2v) is 10.9. The average Bonchev–Trinajstić information content (AvgIpc) is 3.53. The van der Waals surface area contributed by atoms with Crippen molar-refractivity contribution in [1.29, 1.82) is 0 Å². The minimum Gasteiger partial charge on any atom is -0.543 e. The Morgan fingerprint density at radius 1 is 1.18 bits per heavy atom. The number of aryl methyl sites for hydroxylation is 1. The van der Waals surface area contributed by atoms with Crippen LogP contribution in [0.2, 0.25) is 0 Å². The first-order valence-electron chi connectivity index (χ1n) is 12.2. The van der Waals surface area contributed by atoms with E-state index in [0.717, 1.165) is 11.1 Å². The molecular weight excluding hydrogens is 504 g/mol. The lowest BCUT2D eigenvalue weighted by Crippen LogP contribution is -2.64. The molecule has 2 aliphatic rings. The molecule has 192 valence electrons. The molecule has 0 radical (unpaired) electrons. The Kier molecular flexibility index (Phi) is 5.55. The fraction of sp³-hybridized carbons (Fsp3) is 0.250. The third-order valence-electron chi connectivity index (χ3n) is 7.42. The molecule has 0 aliphatic carbocycles. The van der Waals surface area contributed by atoms with Crippen LogP contribution in [0.3, 0.4) is 0 Å². The highest BCUT2D eigenvalue weighted by atomic mass is 32.1. The number of carboxylic acid groups (broad SMARTS) is 1. The minimum absolute atomic E-state index is 0.169. The molecule has 4 aromatic rings. The third-order valence-corrected chi connectivity index (χ3v) is 8.57. The highest BCUT2D eigenvalue weighted by Gasteiger charge is 2.58. The number of ketones is 1. The van der Waals surface area contributed by atoms with Gasteiger partial charge in [-0.3, -0.25) is 14.0 Å². The summed E-state index contributed by atoms with van der Waals surface area (Å²) in [6.45, 7) is 3.38. The second-order valence-electron chi connectivity index (χ2n) is 9.88. The van der Waals surface area contributed by atoms with Gasteiger partial charge in [0.15, 0.2) is 12.4 Å².